The first-order valence-corrected chi connectivity index (χ1v) is 9.11. The summed E-state index contributed by atoms with van der Waals surface area (Å²) < 4.78 is 27.5. The number of H-pyrrole nitrogens is 1. The number of sulfonamides is 1. The maximum atomic E-state index is 13.0. The van der Waals surface area contributed by atoms with Crippen LogP contribution in [0.3, 0.4) is 0 Å². The number of aromatic amines is 1. The fraction of sp³-hybridized carbons (Fsp3) is 0.786. The molecule has 2 N–H and O–H groups in total. The minimum atomic E-state index is -3.49. The zero-order valence-electron chi connectivity index (χ0n) is 13.6. The molecule has 0 fully saturated rings. The Morgan fingerprint density at radius 2 is 1.76 bits per heavy atom. The topological polar surface area (TPSA) is 78.1 Å². The maximum absolute atomic E-state index is 13.0. The second-order valence-electron chi connectivity index (χ2n) is 5.27. The Balaban J connectivity index is 3.11. The summed E-state index contributed by atoms with van der Waals surface area (Å²) in [4.78, 5) is 0.337. The van der Waals surface area contributed by atoms with Crippen molar-refractivity contribution >= 4 is 10.0 Å². The standard InChI is InChI=1S/C14H28N4O2S/c1-5-7-9-18(10-8-6-2)21(19,20)14-12(3)16-17-13(14)11-15-4/h15H,5-11H2,1-4H3,(H,16,17). The fourth-order valence-corrected chi connectivity index (χ4v) is 4.09. The van der Waals surface area contributed by atoms with Crippen molar-refractivity contribution in [2.75, 3.05) is 20.1 Å². The third-order valence-corrected chi connectivity index (χ3v) is 5.53. The molecular weight excluding hydrogens is 288 g/mol. The Kier molecular flexibility index (Phi) is 7.34. The molecule has 21 heavy (non-hydrogen) atoms. The normalized spacial score (nSPS) is 12.2. The summed E-state index contributed by atoms with van der Waals surface area (Å²) in [5, 5.41) is 9.89. The Labute approximate surface area is 128 Å². The van der Waals surface area contributed by atoms with E-state index in [0.717, 1.165) is 25.7 Å². The number of hydrogen-bond acceptors (Lipinski definition) is 4. The van der Waals surface area contributed by atoms with Crippen LogP contribution in [0.2, 0.25) is 0 Å². The minimum Gasteiger partial charge on any atom is -0.314 e. The lowest BCUT2D eigenvalue weighted by Crippen LogP contribution is -2.34. The SMILES string of the molecule is CCCCN(CCCC)S(=O)(=O)c1c(CNC)n[nH]c1C. The van der Waals surface area contributed by atoms with Crippen LogP contribution in [0.25, 0.3) is 0 Å². The van der Waals surface area contributed by atoms with Gasteiger partial charge in [0.2, 0.25) is 10.0 Å². The van der Waals surface area contributed by atoms with Crippen molar-refractivity contribution < 1.29 is 8.42 Å². The highest BCUT2D eigenvalue weighted by Crippen LogP contribution is 2.23. The Morgan fingerprint density at radius 1 is 1.19 bits per heavy atom. The van der Waals surface area contributed by atoms with E-state index in [-0.39, 0.29) is 0 Å². The van der Waals surface area contributed by atoms with Crippen molar-refractivity contribution in [3.63, 3.8) is 0 Å². The van der Waals surface area contributed by atoms with Gasteiger partial charge < -0.3 is 5.32 Å². The molecule has 0 spiro atoms. The molecule has 0 aromatic carbocycles. The van der Waals surface area contributed by atoms with Gasteiger partial charge in [-0.25, -0.2) is 8.42 Å². The summed E-state index contributed by atoms with van der Waals surface area (Å²) in [6.07, 6.45) is 3.71. The summed E-state index contributed by atoms with van der Waals surface area (Å²) in [5.41, 5.74) is 1.17. The summed E-state index contributed by atoms with van der Waals surface area (Å²) in [6, 6.07) is 0. The Hall–Kier alpha value is -0.920. The average molecular weight is 316 g/mol. The molecule has 0 aliphatic rings. The average Bonchev–Trinajstić information content (AvgIpc) is 2.80. The van der Waals surface area contributed by atoms with E-state index >= 15 is 0 Å². The smallest absolute Gasteiger partial charge is 0.246 e. The molecule has 1 rings (SSSR count). The second-order valence-corrected chi connectivity index (χ2v) is 7.14. The zero-order valence-corrected chi connectivity index (χ0v) is 14.4. The highest BCUT2D eigenvalue weighted by atomic mass is 32.2. The lowest BCUT2D eigenvalue weighted by Gasteiger charge is -2.22. The van der Waals surface area contributed by atoms with Crippen molar-refractivity contribution in [3.8, 4) is 0 Å². The number of rotatable bonds is 10. The maximum Gasteiger partial charge on any atom is 0.246 e. The molecule has 0 unspecified atom stereocenters. The molecule has 7 heteroatoms. The first-order valence-electron chi connectivity index (χ1n) is 7.67. The van der Waals surface area contributed by atoms with E-state index in [1.807, 2.05) is 0 Å². The van der Waals surface area contributed by atoms with Gasteiger partial charge in [0.05, 0.1) is 11.4 Å². The van der Waals surface area contributed by atoms with Crippen LogP contribution in [0, 0.1) is 6.92 Å². The van der Waals surface area contributed by atoms with Crippen molar-refractivity contribution in [1.82, 2.24) is 19.8 Å². The van der Waals surface area contributed by atoms with E-state index in [2.05, 4.69) is 29.4 Å². The number of aromatic nitrogens is 2. The van der Waals surface area contributed by atoms with Crippen LogP contribution < -0.4 is 5.32 Å². The van der Waals surface area contributed by atoms with Crippen LogP contribution >= 0.6 is 0 Å². The van der Waals surface area contributed by atoms with Crippen molar-refractivity contribution in [1.29, 1.82) is 0 Å². The number of nitrogens with zero attached hydrogens (tertiary/aromatic N) is 2. The molecule has 0 atom stereocenters. The summed E-state index contributed by atoms with van der Waals surface area (Å²) >= 11 is 0. The van der Waals surface area contributed by atoms with Gasteiger partial charge in [-0.05, 0) is 26.8 Å². The molecule has 0 aliphatic carbocycles. The summed E-state index contributed by atoms with van der Waals surface area (Å²) in [6.45, 7) is 7.48. The van der Waals surface area contributed by atoms with Gasteiger partial charge in [-0.1, -0.05) is 26.7 Å². The molecule has 0 bridgehead atoms. The van der Waals surface area contributed by atoms with E-state index in [9.17, 15) is 8.42 Å². The van der Waals surface area contributed by atoms with Crippen LogP contribution in [0.15, 0.2) is 4.90 Å². The molecule has 0 saturated carbocycles. The van der Waals surface area contributed by atoms with Crippen molar-refractivity contribution in [3.05, 3.63) is 11.4 Å². The molecule has 122 valence electrons. The molecule has 0 aliphatic heterocycles. The monoisotopic (exact) mass is 316 g/mol. The lowest BCUT2D eigenvalue weighted by molar-refractivity contribution is 0.394. The molecule has 1 heterocycles. The van der Waals surface area contributed by atoms with Crippen LogP contribution in [-0.4, -0.2) is 43.1 Å². The molecule has 0 amide bonds. The summed E-state index contributed by atoms with van der Waals surface area (Å²) in [5.74, 6) is 0. The first-order chi connectivity index (χ1) is 9.98. The zero-order chi connectivity index (χ0) is 15.9. The third kappa shape index (κ3) is 4.52. The molecule has 0 saturated heterocycles. The Morgan fingerprint density at radius 3 is 2.24 bits per heavy atom. The highest BCUT2D eigenvalue weighted by Gasteiger charge is 2.29. The second kappa shape index (κ2) is 8.51. The predicted octanol–water partition coefficient (Wildman–Crippen LogP) is 2.03. The van der Waals surface area contributed by atoms with Crippen LogP contribution in [0.5, 0.6) is 0 Å². The molecule has 1 aromatic heterocycles. The first kappa shape index (κ1) is 18.1. The van der Waals surface area contributed by atoms with Crippen LogP contribution in [-0.2, 0) is 16.6 Å². The van der Waals surface area contributed by atoms with E-state index in [4.69, 9.17) is 0 Å². The third-order valence-electron chi connectivity index (χ3n) is 3.43. The quantitative estimate of drug-likeness (QED) is 0.692. The fourth-order valence-electron chi connectivity index (χ4n) is 2.25. The van der Waals surface area contributed by atoms with Crippen molar-refractivity contribution in [2.45, 2.75) is 57.9 Å². The van der Waals surface area contributed by atoms with E-state index < -0.39 is 10.0 Å². The van der Waals surface area contributed by atoms with Crippen molar-refractivity contribution in [2.24, 2.45) is 0 Å². The number of unbranched alkanes of at least 4 members (excludes halogenated alkanes) is 2. The predicted molar refractivity (Wildman–Crippen MR) is 84.7 cm³/mol. The highest BCUT2D eigenvalue weighted by molar-refractivity contribution is 7.89. The van der Waals surface area contributed by atoms with E-state index in [1.54, 1.807) is 18.3 Å². The molecule has 6 nitrogen and oxygen atoms in total. The van der Waals surface area contributed by atoms with Crippen LogP contribution in [0.1, 0.15) is 50.9 Å². The number of nitrogens with one attached hydrogen (secondary N) is 2. The molecular formula is C14H28N4O2S. The Bertz CT molecular complexity index is 517. The van der Waals surface area contributed by atoms with Gasteiger partial charge in [0.15, 0.2) is 0 Å². The van der Waals surface area contributed by atoms with Gasteiger partial charge in [-0.2, -0.15) is 9.40 Å². The number of hydrogen-bond donors (Lipinski definition) is 2. The van der Waals surface area contributed by atoms with Gasteiger partial charge in [0.25, 0.3) is 0 Å². The van der Waals surface area contributed by atoms with E-state index in [1.165, 1.54) is 0 Å². The van der Waals surface area contributed by atoms with Crippen LogP contribution in [0.4, 0.5) is 0 Å². The molecule has 1 aromatic rings. The van der Waals surface area contributed by atoms with Gasteiger partial charge in [-0.15, -0.1) is 0 Å². The van der Waals surface area contributed by atoms with Gasteiger partial charge >= 0.3 is 0 Å². The van der Waals surface area contributed by atoms with Gasteiger partial charge in [0.1, 0.15) is 4.90 Å². The van der Waals surface area contributed by atoms with Gasteiger partial charge in [0, 0.05) is 19.6 Å². The summed E-state index contributed by atoms with van der Waals surface area (Å²) in [7, 11) is -1.70. The number of aryl methyl sites for hydroxylation is 1. The van der Waals surface area contributed by atoms with Gasteiger partial charge in [-0.3, -0.25) is 5.10 Å². The lowest BCUT2D eigenvalue weighted by atomic mass is 10.3. The largest absolute Gasteiger partial charge is 0.314 e. The van der Waals surface area contributed by atoms with E-state index in [0.29, 0.717) is 35.9 Å². The minimum absolute atomic E-state index is 0.337. The molecule has 0 radical (unpaired) electrons.